The number of ether oxygens (including phenoxy) is 1. The number of fused-ring (bicyclic) bond motifs is 4. The van der Waals surface area contributed by atoms with Crippen molar-refractivity contribution in [1.82, 2.24) is 4.98 Å². The minimum absolute atomic E-state index is 0.492. The summed E-state index contributed by atoms with van der Waals surface area (Å²) in [7, 11) is 1.71. The van der Waals surface area contributed by atoms with Gasteiger partial charge in [-0.25, -0.2) is 0 Å². The average Bonchev–Trinajstić information content (AvgIpc) is 2.82. The van der Waals surface area contributed by atoms with Crippen LogP contribution in [0.15, 0.2) is 42.7 Å². The summed E-state index contributed by atoms with van der Waals surface area (Å²) in [5.74, 6) is 0.917. The van der Waals surface area contributed by atoms with Crippen molar-refractivity contribution >= 4 is 5.69 Å². The second-order valence-electron chi connectivity index (χ2n) is 5.63. The van der Waals surface area contributed by atoms with Crippen molar-refractivity contribution in [2.45, 2.75) is 31.3 Å². The Kier molecular flexibility index (Phi) is 2.66. The van der Waals surface area contributed by atoms with E-state index in [9.17, 15) is 0 Å². The summed E-state index contributed by atoms with van der Waals surface area (Å²) >= 11 is 0. The van der Waals surface area contributed by atoms with Crippen LogP contribution in [-0.4, -0.2) is 18.1 Å². The highest BCUT2D eigenvalue weighted by atomic mass is 16.5. The molecule has 0 N–H and O–H groups in total. The lowest BCUT2D eigenvalue weighted by molar-refractivity contribution is 0.414. The van der Waals surface area contributed by atoms with Crippen LogP contribution in [0.5, 0.6) is 5.75 Å². The largest absolute Gasteiger partial charge is 0.497 e. The number of nitrogens with zero attached hydrogens (tertiary/aromatic N) is 2. The maximum absolute atomic E-state index is 5.25. The zero-order valence-electron chi connectivity index (χ0n) is 11.6. The molecule has 0 aliphatic carbocycles. The predicted molar refractivity (Wildman–Crippen MR) is 79.2 cm³/mol. The monoisotopic (exact) mass is 266 g/mol. The molecular formula is C17H18N2O. The van der Waals surface area contributed by atoms with Crippen molar-refractivity contribution in [3.05, 3.63) is 53.9 Å². The molecule has 3 nitrogen and oxygen atoms in total. The van der Waals surface area contributed by atoms with Crippen molar-refractivity contribution in [2.75, 3.05) is 12.0 Å². The Morgan fingerprint density at radius 1 is 1.15 bits per heavy atom. The van der Waals surface area contributed by atoms with Gasteiger partial charge in [-0.2, -0.15) is 0 Å². The summed E-state index contributed by atoms with van der Waals surface area (Å²) < 4.78 is 5.25. The Labute approximate surface area is 119 Å². The van der Waals surface area contributed by atoms with Crippen LogP contribution in [0.3, 0.4) is 0 Å². The summed E-state index contributed by atoms with van der Waals surface area (Å²) in [6.45, 7) is 0. The highest BCUT2D eigenvalue weighted by Crippen LogP contribution is 2.45. The lowest BCUT2D eigenvalue weighted by Crippen LogP contribution is -2.37. The zero-order valence-corrected chi connectivity index (χ0v) is 11.6. The molecule has 2 aromatic rings. The third kappa shape index (κ3) is 1.69. The predicted octanol–water partition coefficient (Wildman–Crippen LogP) is 3.36. The molecule has 2 atom stereocenters. The highest BCUT2D eigenvalue weighted by Gasteiger charge is 2.39. The second kappa shape index (κ2) is 4.51. The third-order valence-electron chi connectivity index (χ3n) is 4.63. The first-order chi connectivity index (χ1) is 9.86. The second-order valence-corrected chi connectivity index (χ2v) is 5.63. The van der Waals surface area contributed by atoms with Gasteiger partial charge in [-0.15, -0.1) is 0 Å². The van der Waals surface area contributed by atoms with Crippen molar-refractivity contribution in [3.63, 3.8) is 0 Å². The summed E-state index contributed by atoms with van der Waals surface area (Å²) in [4.78, 5) is 6.90. The Morgan fingerprint density at radius 2 is 2.00 bits per heavy atom. The lowest BCUT2D eigenvalue weighted by atomic mass is 9.94. The van der Waals surface area contributed by atoms with E-state index in [2.05, 4.69) is 34.3 Å². The van der Waals surface area contributed by atoms with Crippen molar-refractivity contribution in [3.8, 4) is 5.75 Å². The zero-order chi connectivity index (χ0) is 13.5. The van der Waals surface area contributed by atoms with Gasteiger partial charge >= 0.3 is 0 Å². The number of rotatable bonds is 2. The first kappa shape index (κ1) is 11.8. The Morgan fingerprint density at radius 3 is 2.80 bits per heavy atom. The molecule has 0 spiro atoms. The van der Waals surface area contributed by atoms with Crippen LogP contribution >= 0.6 is 0 Å². The van der Waals surface area contributed by atoms with Crippen molar-refractivity contribution in [2.24, 2.45) is 0 Å². The van der Waals surface area contributed by atoms with E-state index in [-0.39, 0.29) is 0 Å². The Balaban J connectivity index is 1.73. The first-order valence-electron chi connectivity index (χ1n) is 7.22. The summed E-state index contributed by atoms with van der Waals surface area (Å²) in [5, 5.41) is 0. The van der Waals surface area contributed by atoms with Gasteiger partial charge in [0.05, 0.1) is 13.2 Å². The van der Waals surface area contributed by atoms with Gasteiger partial charge in [0.15, 0.2) is 0 Å². The molecule has 102 valence electrons. The molecule has 1 aromatic heterocycles. The first-order valence-corrected chi connectivity index (χ1v) is 7.22. The maximum Gasteiger partial charge on any atom is 0.119 e. The minimum atomic E-state index is 0.492. The van der Waals surface area contributed by atoms with Crippen LogP contribution in [0, 0.1) is 0 Å². The molecule has 4 rings (SSSR count). The number of methoxy groups -OCH3 is 1. The van der Waals surface area contributed by atoms with Gasteiger partial charge < -0.3 is 9.64 Å². The molecule has 1 saturated heterocycles. The van der Waals surface area contributed by atoms with Crippen LogP contribution in [-0.2, 0) is 6.42 Å². The molecule has 2 bridgehead atoms. The fourth-order valence-electron chi connectivity index (χ4n) is 3.71. The van der Waals surface area contributed by atoms with E-state index in [4.69, 9.17) is 4.74 Å². The Hall–Kier alpha value is -2.03. The number of pyridine rings is 1. The van der Waals surface area contributed by atoms with Crippen molar-refractivity contribution in [1.29, 1.82) is 0 Å². The average molecular weight is 266 g/mol. The van der Waals surface area contributed by atoms with Crippen LogP contribution in [0.1, 0.15) is 30.0 Å². The highest BCUT2D eigenvalue weighted by molar-refractivity contribution is 5.56. The number of hydrogen-bond donors (Lipinski definition) is 0. The van der Waals surface area contributed by atoms with E-state index >= 15 is 0 Å². The maximum atomic E-state index is 5.25. The number of aromatic nitrogens is 1. The molecule has 3 heterocycles. The van der Waals surface area contributed by atoms with E-state index in [0.29, 0.717) is 12.1 Å². The molecular weight excluding hydrogens is 248 g/mol. The lowest BCUT2D eigenvalue weighted by Gasteiger charge is -2.38. The SMILES string of the molecule is COc1ccc(N2[C@@H]3CC[C@H]2c2cnccc2C3)cc1. The molecule has 0 radical (unpaired) electrons. The number of hydrogen-bond acceptors (Lipinski definition) is 3. The van der Waals surface area contributed by atoms with Gasteiger partial charge in [0.2, 0.25) is 0 Å². The van der Waals surface area contributed by atoms with Gasteiger partial charge in [-0.1, -0.05) is 0 Å². The van der Waals surface area contributed by atoms with E-state index < -0.39 is 0 Å². The molecule has 0 amide bonds. The van der Waals surface area contributed by atoms with Gasteiger partial charge in [0.1, 0.15) is 5.75 Å². The molecule has 0 unspecified atom stereocenters. The van der Waals surface area contributed by atoms with Gasteiger partial charge in [0.25, 0.3) is 0 Å². The number of anilines is 1. The topological polar surface area (TPSA) is 25.4 Å². The molecule has 1 aromatic carbocycles. The quantitative estimate of drug-likeness (QED) is 0.833. The smallest absolute Gasteiger partial charge is 0.119 e. The van der Waals surface area contributed by atoms with Crippen molar-refractivity contribution < 1.29 is 4.74 Å². The number of benzene rings is 1. The minimum Gasteiger partial charge on any atom is -0.497 e. The fourth-order valence-corrected chi connectivity index (χ4v) is 3.71. The molecule has 2 aliphatic rings. The van der Waals surface area contributed by atoms with E-state index in [1.807, 2.05) is 18.3 Å². The molecule has 20 heavy (non-hydrogen) atoms. The van der Waals surface area contributed by atoms with Crippen LogP contribution in [0.4, 0.5) is 5.69 Å². The van der Waals surface area contributed by atoms with Crippen LogP contribution in [0.2, 0.25) is 0 Å². The van der Waals surface area contributed by atoms with Gasteiger partial charge in [0, 0.05) is 24.1 Å². The van der Waals surface area contributed by atoms with E-state index in [0.717, 1.165) is 12.2 Å². The van der Waals surface area contributed by atoms with E-state index in [1.165, 1.54) is 29.7 Å². The Bertz CT molecular complexity index is 623. The van der Waals surface area contributed by atoms with Crippen LogP contribution in [0.25, 0.3) is 0 Å². The molecule has 1 fully saturated rings. The molecule has 2 aliphatic heterocycles. The summed E-state index contributed by atoms with van der Waals surface area (Å²) in [6.07, 6.45) is 7.61. The summed E-state index contributed by atoms with van der Waals surface area (Å²) in [6, 6.07) is 11.7. The standard InChI is InChI=1S/C17H18N2O/c1-20-15-5-2-13(3-6-15)19-14-4-7-17(19)16-11-18-9-8-12(16)10-14/h2-3,5-6,8-9,11,14,17H,4,7,10H2,1H3/t14-,17+/m1/s1. The normalized spacial score (nSPS) is 23.6. The summed E-state index contributed by atoms with van der Waals surface area (Å²) in [5.41, 5.74) is 4.20. The van der Waals surface area contributed by atoms with Gasteiger partial charge in [-0.05, 0) is 60.7 Å². The third-order valence-corrected chi connectivity index (χ3v) is 4.63. The van der Waals surface area contributed by atoms with E-state index in [1.54, 1.807) is 7.11 Å². The van der Waals surface area contributed by atoms with Crippen LogP contribution < -0.4 is 9.64 Å². The van der Waals surface area contributed by atoms with Gasteiger partial charge in [-0.3, -0.25) is 4.98 Å². The molecule has 3 heteroatoms. The molecule has 0 saturated carbocycles. The fraction of sp³-hybridized carbons (Fsp3) is 0.353.